The molecule has 0 aromatic heterocycles. The number of carbonyl (C=O) groups excluding carboxylic acids is 3. The average molecular weight is 289 g/mol. The monoisotopic (exact) mass is 289 g/mol. The fourth-order valence-corrected chi connectivity index (χ4v) is 1.43. The van der Waals surface area contributed by atoms with Crippen molar-refractivity contribution in [2.24, 2.45) is 0 Å². The van der Waals surface area contributed by atoms with Crippen LogP contribution in [0.4, 0.5) is 5.69 Å². The molecule has 6 heteroatoms. The highest BCUT2D eigenvalue weighted by Crippen LogP contribution is 2.03. The van der Waals surface area contributed by atoms with Gasteiger partial charge in [-0.05, 0) is 37.6 Å². The fraction of sp³-hybridized carbons (Fsp3) is 0.400. The molecule has 0 saturated carbocycles. The van der Waals surface area contributed by atoms with Crippen LogP contribution < -0.4 is 16.0 Å². The standard InChI is InChI=1S/C15H19N3O3/c1-4-13(19)16-9-14(20)17-11(3)15(21)18-12-7-5-10(2)6-8-12/h5,7,11H,4,9H2,1-3H3,(H,16,19)(H,17,20)(H,18,21)/t11-/m0/s1. The van der Waals surface area contributed by atoms with Gasteiger partial charge in [-0.15, -0.1) is 0 Å². The summed E-state index contributed by atoms with van der Waals surface area (Å²) in [6, 6.07) is 8.44. The molecular formula is C15H19N3O3. The first kappa shape index (κ1) is 16.5. The number of aryl methyl sites for hydroxylation is 1. The smallest absolute Gasteiger partial charge is 0.247 e. The van der Waals surface area contributed by atoms with Crippen molar-refractivity contribution in [2.75, 3.05) is 11.9 Å². The Balaban J connectivity index is 2.41. The molecule has 0 aliphatic rings. The number of rotatable bonds is 6. The van der Waals surface area contributed by atoms with E-state index in [4.69, 9.17) is 0 Å². The Morgan fingerprint density at radius 1 is 1.19 bits per heavy atom. The van der Waals surface area contributed by atoms with Gasteiger partial charge < -0.3 is 16.0 Å². The summed E-state index contributed by atoms with van der Waals surface area (Å²) in [6.07, 6.45) is 0.309. The minimum Gasteiger partial charge on any atom is -0.347 e. The zero-order valence-electron chi connectivity index (χ0n) is 12.4. The third kappa shape index (κ3) is 5.95. The third-order valence-corrected chi connectivity index (χ3v) is 2.69. The lowest BCUT2D eigenvalue weighted by Gasteiger charge is -2.13. The first-order valence-corrected chi connectivity index (χ1v) is 6.70. The topological polar surface area (TPSA) is 87.3 Å². The largest absolute Gasteiger partial charge is 0.347 e. The van der Waals surface area contributed by atoms with Crippen molar-refractivity contribution in [2.45, 2.75) is 33.2 Å². The van der Waals surface area contributed by atoms with Crippen LogP contribution in [0.2, 0.25) is 0 Å². The predicted octanol–water partition coefficient (Wildman–Crippen LogP) is 0.565. The summed E-state index contributed by atoms with van der Waals surface area (Å²) in [5, 5.41) is 7.56. The van der Waals surface area contributed by atoms with Crippen LogP contribution in [0.5, 0.6) is 0 Å². The molecule has 0 radical (unpaired) electrons. The summed E-state index contributed by atoms with van der Waals surface area (Å²) in [5.41, 5.74) is 1.41. The lowest BCUT2D eigenvalue weighted by molar-refractivity contribution is -0.127. The van der Waals surface area contributed by atoms with E-state index < -0.39 is 11.9 Å². The number of amides is 3. The summed E-state index contributed by atoms with van der Waals surface area (Å²) in [7, 11) is 0. The third-order valence-electron chi connectivity index (χ3n) is 2.69. The van der Waals surface area contributed by atoms with Crippen molar-refractivity contribution in [3.05, 3.63) is 29.8 Å². The van der Waals surface area contributed by atoms with Crippen molar-refractivity contribution in [3.63, 3.8) is 0 Å². The van der Waals surface area contributed by atoms with Gasteiger partial charge in [-0.1, -0.05) is 13.0 Å². The Kier molecular flexibility index (Phi) is 6.21. The summed E-state index contributed by atoms with van der Waals surface area (Å²) in [6.45, 7) is 4.98. The van der Waals surface area contributed by atoms with Crippen LogP contribution in [0.25, 0.3) is 0 Å². The minimum absolute atomic E-state index is 0.144. The summed E-state index contributed by atoms with van der Waals surface area (Å²) >= 11 is 0. The van der Waals surface area contributed by atoms with Crippen molar-refractivity contribution in [1.29, 1.82) is 0 Å². The van der Waals surface area contributed by atoms with Crippen molar-refractivity contribution in [3.8, 4) is 0 Å². The molecule has 1 atom stereocenters. The van der Waals surface area contributed by atoms with E-state index >= 15 is 0 Å². The van der Waals surface area contributed by atoms with Gasteiger partial charge in [0.2, 0.25) is 17.7 Å². The fourth-order valence-electron chi connectivity index (χ4n) is 1.43. The minimum atomic E-state index is -0.717. The van der Waals surface area contributed by atoms with Gasteiger partial charge in [0, 0.05) is 6.42 Å². The van der Waals surface area contributed by atoms with Gasteiger partial charge in [0.25, 0.3) is 0 Å². The van der Waals surface area contributed by atoms with Crippen LogP contribution >= 0.6 is 0 Å². The highest BCUT2D eigenvalue weighted by atomic mass is 16.2. The molecule has 0 unspecified atom stereocenters. The molecule has 0 heterocycles. The normalized spacial score (nSPS) is 11.0. The quantitative estimate of drug-likeness (QED) is 0.715. The van der Waals surface area contributed by atoms with Gasteiger partial charge in [-0.3, -0.25) is 14.4 Å². The molecule has 3 N–H and O–H groups in total. The maximum atomic E-state index is 11.9. The van der Waals surface area contributed by atoms with Crippen LogP contribution in [0, 0.1) is 19.1 Å². The number of carbonyl (C=O) groups is 3. The maximum absolute atomic E-state index is 11.9. The van der Waals surface area contributed by atoms with Crippen LogP contribution in [-0.4, -0.2) is 30.3 Å². The van der Waals surface area contributed by atoms with Crippen molar-refractivity contribution >= 4 is 23.4 Å². The van der Waals surface area contributed by atoms with Gasteiger partial charge in [0.15, 0.2) is 0 Å². The summed E-state index contributed by atoms with van der Waals surface area (Å²) < 4.78 is 0. The second-order valence-electron chi connectivity index (χ2n) is 4.59. The Morgan fingerprint density at radius 2 is 1.90 bits per heavy atom. The van der Waals surface area contributed by atoms with E-state index in [2.05, 4.69) is 28.1 Å². The van der Waals surface area contributed by atoms with Gasteiger partial charge in [0.05, 0.1) is 12.2 Å². The molecule has 0 fully saturated rings. The Bertz CT molecular complexity index is 511. The lowest BCUT2D eigenvalue weighted by Crippen LogP contribution is -2.45. The first-order chi connectivity index (χ1) is 9.92. The van der Waals surface area contributed by atoms with E-state index in [9.17, 15) is 14.4 Å². The molecule has 0 saturated heterocycles. The number of hydrogen-bond acceptors (Lipinski definition) is 3. The van der Waals surface area contributed by atoms with E-state index in [0.717, 1.165) is 5.56 Å². The molecule has 1 aromatic rings. The highest BCUT2D eigenvalue weighted by Gasteiger charge is 2.15. The number of nitrogens with one attached hydrogen (secondary N) is 3. The molecule has 3 amide bonds. The van der Waals surface area contributed by atoms with Gasteiger partial charge >= 0.3 is 0 Å². The molecule has 0 aliphatic heterocycles. The number of hydrogen-bond donors (Lipinski definition) is 3. The van der Waals surface area contributed by atoms with Crippen LogP contribution in [0.1, 0.15) is 25.8 Å². The predicted molar refractivity (Wildman–Crippen MR) is 78.4 cm³/mol. The molecule has 0 aliphatic carbocycles. The van der Waals surface area contributed by atoms with E-state index in [1.165, 1.54) is 0 Å². The van der Waals surface area contributed by atoms with Crippen molar-refractivity contribution < 1.29 is 14.4 Å². The van der Waals surface area contributed by atoms with Gasteiger partial charge in [-0.2, -0.15) is 0 Å². The zero-order chi connectivity index (χ0) is 15.8. The Morgan fingerprint density at radius 3 is 2.48 bits per heavy atom. The second-order valence-corrected chi connectivity index (χ2v) is 4.59. The first-order valence-electron chi connectivity index (χ1n) is 6.70. The van der Waals surface area contributed by atoms with Gasteiger partial charge in [0.1, 0.15) is 6.04 Å². The summed E-state index contributed by atoms with van der Waals surface area (Å²) in [5.74, 6) is -0.996. The SMILES string of the molecule is CCC(=O)NCC(=O)N[C@@H](C)C(=O)Nc1c#cc(C)cc1. The van der Waals surface area contributed by atoms with Crippen LogP contribution in [0.15, 0.2) is 12.1 Å². The van der Waals surface area contributed by atoms with Gasteiger partial charge in [-0.25, -0.2) is 0 Å². The van der Waals surface area contributed by atoms with E-state index in [0.29, 0.717) is 12.1 Å². The van der Waals surface area contributed by atoms with Crippen LogP contribution in [0.3, 0.4) is 0 Å². The lowest BCUT2D eigenvalue weighted by atomic mass is 10.2. The maximum Gasteiger partial charge on any atom is 0.247 e. The molecule has 6 nitrogen and oxygen atoms in total. The molecule has 112 valence electrons. The molecule has 0 spiro atoms. The molecule has 1 aromatic carbocycles. The van der Waals surface area contributed by atoms with Crippen molar-refractivity contribution in [1.82, 2.24) is 10.6 Å². The van der Waals surface area contributed by atoms with Crippen LogP contribution in [-0.2, 0) is 14.4 Å². The Labute approximate surface area is 124 Å². The summed E-state index contributed by atoms with van der Waals surface area (Å²) in [4.78, 5) is 34.5. The molecular weight excluding hydrogens is 270 g/mol. The number of anilines is 1. The molecule has 21 heavy (non-hydrogen) atoms. The second kappa shape index (κ2) is 7.90. The van der Waals surface area contributed by atoms with E-state index in [-0.39, 0.29) is 18.4 Å². The highest BCUT2D eigenvalue weighted by molar-refractivity contribution is 5.97. The molecule has 0 bridgehead atoms. The average Bonchev–Trinajstić information content (AvgIpc) is 2.46. The van der Waals surface area contributed by atoms with E-state index in [1.54, 1.807) is 26.0 Å². The zero-order valence-corrected chi connectivity index (χ0v) is 12.4. The van der Waals surface area contributed by atoms with E-state index in [1.807, 2.05) is 6.92 Å². The molecule has 1 rings (SSSR count). The Hall–Kier alpha value is -2.55.